The van der Waals surface area contributed by atoms with E-state index in [0.717, 1.165) is 35.0 Å². The Morgan fingerprint density at radius 2 is 0.833 bits per heavy atom. The quantitative estimate of drug-likeness (QED) is 0.148. The van der Waals surface area contributed by atoms with E-state index in [2.05, 4.69) is 0 Å². The van der Waals surface area contributed by atoms with Crippen molar-refractivity contribution >= 4 is 97.8 Å². The van der Waals surface area contributed by atoms with Crippen LogP contribution in [0.1, 0.15) is 31.8 Å². The minimum Gasteiger partial charge on any atom is -0.289 e. The molecule has 6 aromatic carbocycles. The van der Waals surface area contributed by atoms with Crippen molar-refractivity contribution in [3.63, 3.8) is 0 Å². The standard InChI is InChI=1S/C14H7ClO2.C13H7ClOS.C13H8OS/c15-11-7-3-6-10-12(11)14(17)9-5-2-1-4-8(9)13(10)16;14-8-5-6-12-10(7-8)13(15)9-3-1-2-4-11(9)16-12;14-13-9-5-1-3-7-11(9)15-12-8-4-2-6-10(12)13/h1-7H;1-7H;1-8H. The van der Waals surface area contributed by atoms with Gasteiger partial charge in [-0.25, -0.2) is 0 Å². The molecule has 0 saturated heterocycles. The van der Waals surface area contributed by atoms with Crippen molar-refractivity contribution in [1.82, 2.24) is 0 Å². The van der Waals surface area contributed by atoms with E-state index in [9.17, 15) is 19.2 Å². The summed E-state index contributed by atoms with van der Waals surface area (Å²) in [6, 6.07) is 40.4. The molecule has 8 aromatic rings. The van der Waals surface area contributed by atoms with Crippen molar-refractivity contribution in [3.8, 4) is 0 Å². The lowest BCUT2D eigenvalue weighted by Crippen LogP contribution is -2.21. The maximum absolute atomic E-state index is 12.2. The number of carbonyl (C=O) groups is 2. The number of fused-ring (bicyclic) bond motifs is 6. The van der Waals surface area contributed by atoms with Crippen LogP contribution in [0.15, 0.2) is 143 Å². The summed E-state index contributed by atoms with van der Waals surface area (Å²) < 4.78 is 4.11. The molecule has 48 heavy (non-hydrogen) atoms. The van der Waals surface area contributed by atoms with Crippen molar-refractivity contribution in [1.29, 1.82) is 0 Å². The Labute approximate surface area is 292 Å². The Morgan fingerprint density at radius 1 is 0.396 bits per heavy atom. The highest BCUT2D eigenvalue weighted by atomic mass is 35.5. The van der Waals surface area contributed by atoms with Gasteiger partial charge in [-0.1, -0.05) is 96.0 Å². The van der Waals surface area contributed by atoms with Crippen LogP contribution in [0.3, 0.4) is 0 Å². The van der Waals surface area contributed by atoms with Gasteiger partial charge in [0, 0.05) is 62.1 Å². The van der Waals surface area contributed by atoms with Crippen molar-refractivity contribution in [2.75, 3.05) is 0 Å². The van der Waals surface area contributed by atoms with Crippen LogP contribution in [0, 0.1) is 0 Å². The zero-order valence-corrected chi connectivity index (χ0v) is 28.1. The minimum absolute atomic E-state index is 0.0619. The van der Waals surface area contributed by atoms with Crippen LogP contribution in [0.2, 0.25) is 10.0 Å². The third-order valence-corrected chi connectivity index (χ3v) is 10.8. The maximum atomic E-state index is 12.2. The third kappa shape index (κ3) is 5.84. The van der Waals surface area contributed by atoms with Crippen LogP contribution >= 0.6 is 45.9 Å². The molecule has 4 nitrogen and oxygen atoms in total. The molecule has 0 bridgehead atoms. The molecule has 9 rings (SSSR count). The molecule has 0 aliphatic heterocycles. The van der Waals surface area contributed by atoms with Gasteiger partial charge in [0.2, 0.25) is 0 Å². The van der Waals surface area contributed by atoms with Gasteiger partial charge in [0.25, 0.3) is 0 Å². The third-order valence-electron chi connectivity index (χ3n) is 7.92. The fraction of sp³-hybridized carbons (Fsp3) is 0. The summed E-state index contributed by atoms with van der Waals surface area (Å²) in [7, 11) is 0. The molecular formula is C40H22Cl2O4S2. The molecule has 0 amide bonds. The number of hydrogen-bond acceptors (Lipinski definition) is 6. The van der Waals surface area contributed by atoms with Gasteiger partial charge in [0.05, 0.1) is 10.6 Å². The van der Waals surface area contributed by atoms with Gasteiger partial charge in [-0.2, -0.15) is 0 Å². The largest absolute Gasteiger partial charge is 0.289 e. The van der Waals surface area contributed by atoms with Gasteiger partial charge in [0.1, 0.15) is 0 Å². The van der Waals surface area contributed by atoms with E-state index < -0.39 is 0 Å². The second-order valence-electron chi connectivity index (χ2n) is 10.9. The van der Waals surface area contributed by atoms with Crippen LogP contribution in [0.5, 0.6) is 0 Å². The summed E-state index contributed by atoms with van der Waals surface area (Å²) in [5.41, 5.74) is 1.79. The van der Waals surface area contributed by atoms with Crippen LogP contribution < -0.4 is 10.9 Å². The van der Waals surface area contributed by atoms with Gasteiger partial charge in [-0.3, -0.25) is 19.2 Å². The first-order valence-electron chi connectivity index (χ1n) is 14.8. The first-order valence-corrected chi connectivity index (χ1v) is 17.2. The molecule has 0 radical (unpaired) electrons. The van der Waals surface area contributed by atoms with E-state index in [-0.39, 0.29) is 22.4 Å². The van der Waals surface area contributed by atoms with E-state index in [0.29, 0.717) is 37.7 Å². The molecule has 2 heterocycles. The topological polar surface area (TPSA) is 68.3 Å². The second-order valence-corrected chi connectivity index (χ2v) is 13.9. The summed E-state index contributed by atoms with van der Waals surface area (Å²) in [6.45, 7) is 0. The van der Waals surface area contributed by atoms with E-state index in [4.69, 9.17) is 23.2 Å². The average Bonchev–Trinajstić information content (AvgIpc) is 3.12. The highest BCUT2D eigenvalue weighted by Crippen LogP contribution is 2.31. The normalized spacial score (nSPS) is 11.8. The molecule has 0 fully saturated rings. The fourth-order valence-corrected chi connectivity index (χ4v) is 8.18. The molecule has 8 heteroatoms. The Hall–Kier alpha value is -4.98. The van der Waals surface area contributed by atoms with E-state index in [1.54, 1.807) is 71.2 Å². The summed E-state index contributed by atoms with van der Waals surface area (Å²) in [4.78, 5) is 48.7. The van der Waals surface area contributed by atoms with Crippen molar-refractivity contribution in [2.45, 2.75) is 0 Å². The molecule has 1 aliphatic rings. The number of carbonyl (C=O) groups excluding carboxylic acids is 2. The average molecular weight is 702 g/mol. The van der Waals surface area contributed by atoms with Gasteiger partial charge >= 0.3 is 0 Å². The monoisotopic (exact) mass is 700 g/mol. The van der Waals surface area contributed by atoms with Crippen molar-refractivity contribution < 1.29 is 9.59 Å². The lowest BCUT2D eigenvalue weighted by molar-refractivity contribution is 0.0979. The zero-order valence-electron chi connectivity index (χ0n) is 24.9. The highest BCUT2D eigenvalue weighted by molar-refractivity contribution is 7.24. The fourth-order valence-electron chi connectivity index (χ4n) is 5.63. The van der Waals surface area contributed by atoms with Crippen LogP contribution in [0.4, 0.5) is 0 Å². The number of benzene rings is 6. The molecule has 0 unspecified atom stereocenters. The Bertz CT molecular complexity index is 2640. The smallest absolute Gasteiger partial charge is 0.196 e. The van der Waals surface area contributed by atoms with Gasteiger partial charge < -0.3 is 0 Å². The molecule has 0 spiro atoms. The number of rotatable bonds is 0. The number of hydrogen-bond donors (Lipinski definition) is 0. The predicted octanol–water partition coefficient (Wildman–Crippen LogP) is 10.6. The zero-order chi connectivity index (χ0) is 33.4. The lowest BCUT2D eigenvalue weighted by Gasteiger charge is -2.17. The van der Waals surface area contributed by atoms with Gasteiger partial charge in [0.15, 0.2) is 22.4 Å². The van der Waals surface area contributed by atoms with Crippen molar-refractivity contribution in [2.24, 2.45) is 0 Å². The summed E-state index contributed by atoms with van der Waals surface area (Å²) in [6.07, 6.45) is 0. The van der Waals surface area contributed by atoms with E-state index in [1.165, 1.54) is 0 Å². The lowest BCUT2D eigenvalue weighted by atomic mass is 9.84. The maximum Gasteiger partial charge on any atom is 0.196 e. The SMILES string of the molecule is O=C1c2ccccc2C(=O)c2c(Cl)cccc21.O=c1c2ccccc2sc2ccc(Cl)cc12.O=c1c2ccccc2sc2ccccc12. The molecule has 2 aromatic heterocycles. The van der Waals surface area contributed by atoms with Crippen LogP contribution in [-0.4, -0.2) is 11.6 Å². The molecule has 0 saturated carbocycles. The summed E-state index contributed by atoms with van der Waals surface area (Å²) in [5, 5.41) is 4.04. The van der Waals surface area contributed by atoms with Gasteiger partial charge in [-0.15, -0.1) is 22.7 Å². The molecule has 1 aliphatic carbocycles. The van der Waals surface area contributed by atoms with E-state index >= 15 is 0 Å². The molecular weight excluding hydrogens is 679 g/mol. The Kier molecular flexibility index (Phi) is 8.73. The van der Waals surface area contributed by atoms with Crippen LogP contribution in [-0.2, 0) is 0 Å². The van der Waals surface area contributed by atoms with Crippen LogP contribution in [0.25, 0.3) is 40.3 Å². The molecule has 0 atom stereocenters. The first-order chi connectivity index (χ1) is 23.3. The Balaban J connectivity index is 0.000000114. The molecule has 0 N–H and O–H groups in total. The minimum atomic E-state index is -0.180. The van der Waals surface area contributed by atoms with Crippen molar-refractivity contribution in [3.05, 3.63) is 186 Å². The number of ketones is 2. The summed E-state index contributed by atoms with van der Waals surface area (Å²) >= 11 is 15.2. The predicted molar refractivity (Wildman–Crippen MR) is 201 cm³/mol. The Morgan fingerprint density at radius 3 is 1.40 bits per heavy atom. The molecule has 232 valence electrons. The number of halogens is 2. The second kappa shape index (κ2) is 13.3. The van der Waals surface area contributed by atoms with E-state index in [1.807, 2.05) is 84.9 Å². The first kappa shape index (κ1) is 31.6. The summed E-state index contributed by atoms with van der Waals surface area (Å²) in [5.74, 6) is -0.321. The highest BCUT2D eigenvalue weighted by Gasteiger charge is 2.30. The van der Waals surface area contributed by atoms with Gasteiger partial charge in [-0.05, 0) is 60.7 Å².